The number of fused-ring (bicyclic) bond motifs is 2. The molecule has 0 aliphatic carbocycles. The van der Waals surface area contributed by atoms with E-state index in [0.717, 1.165) is 22.9 Å². The molecule has 0 spiro atoms. The summed E-state index contributed by atoms with van der Waals surface area (Å²) in [6.07, 6.45) is 2.04. The first-order valence-corrected chi connectivity index (χ1v) is 9.72. The highest BCUT2D eigenvalue weighted by molar-refractivity contribution is 5.88. The molecule has 1 N–H and O–H groups in total. The number of benzene rings is 1. The number of amides is 2. The predicted octanol–water partition coefficient (Wildman–Crippen LogP) is 1.78. The van der Waals surface area contributed by atoms with Gasteiger partial charge in [0, 0.05) is 31.6 Å². The van der Waals surface area contributed by atoms with E-state index in [1.54, 1.807) is 11.0 Å². The maximum Gasteiger partial charge on any atom is 0.336 e. The maximum absolute atomic E-state index is 12.7. The molecule has 0 radical (unpaired) electrons. The molecule has 2 aliphatic heterocycles. The van der Waals surface area contributed by atoms with Gasteiger partial charge in [-0.05, 0) is 48.9 Å². The fraction of sp³-hybridized carbons (Fsp3) is 0.476. The first-order chi connectivity index (χ1) is 13.4. The van der Waals surface area contributed by atoms with Gasteiger partial charge in [-0.2, -0.15) is 0 Å². The van der Waals surface area contributed by atoms with Crippen LogP contribution in [0, 0.1) is 12.8 Å². The van der Waals surface area contributed by atoms with Crippen LogP contribution >= 0.6 is 0 Å². The molecular weight excluding hydrogens is 360 g/mol. The molecule has 3 heterocycles. The summed E-state index contributed by atoms with van der Waals surface area (Å²) in [5.74, 6) is 0.839. The standard InChI is InChI=1S/C21H24N2O5/c1-3-13-9-20(26)28-17-7-12(2)6-16(21(13)17)27-11-19(25)23-5-4-14-8-18(24)22-15(14)10-23/h6-7,9,14-15H,3-5,8,10-11H2,1-2H3,(H,22,24)/t14-,15-/m1/s1. The number of nitrogens with one attached hydrogen (secondary N) is 1. The molecule has 2 amide bonds. The molecule has 7 heteroatoms. The van der Waals surface area contributed by atoms with Gasteiger partial charge in [0.25, 0.3) is 5.91 Å². The van der Waals surface area contributed by atoms with E-state index in [2.05, 4.69) is 5.32 Å². The van der Waals surface area contributed by atoms with Crippen LogP contribution in [0.5, 0.6) is 5.75 Å². The minimum atomic E-state index is -0.390. The van der Waals surface area contributed by atoms with Gasteiger partial charge in [-0.3, -0.25) is 9.59 Å². The van der Waals surface area contributed by atoms with Crippen LogP contribution in [0.2, 0.25) is 0 Å². The Balaban J connectivity index is 1.52. The number of carbonyl (C=O) groups excluding carboxylic acids is 2. The van der Waals surface area contributed by atoms with E-state index in [0.29, 0.717) is 43.2 Å². The fourth-order valence-corrected chi connectivity index (χ4v) is 4.23. The lowest BCUT2D eigenvalue weighted by Gasteiger charge is -2.34. The quantitative estimate of drug-likeness (QED) is 0.812. The summed E-state index contributed by atoms with van der Waals surface area (Å²) >= 11 is 0. The van der Waals surface area contributed by atoms with Gasteiger partial charge >= 0.3 is 5.63 Å². The number of likely N-dealkylation sites (tertiary alicyclic amines) is 1. The van der Waals surface area contributed by atoms with Gasteiger partial charge < -0.3 is 19.4 Å². The van der Waals surface area contributed by atoms with Crippen molar-refractivity contribution in [2.75, 3.05) is 19.7 Å². The van der Waals surface area contributed by atoms with E-state index in [-0.39, 0.29) is 24.5 Å². The first-order valence-electron chi connectivity index (χ1n) is 9.72. The van der Waals surface area contributed by atoms with E-state index in [4.69, 9.17) is 9.15 Å². The van der Waals surface area contributed by atoms with E-state index in [1.165, 1.54) is 6.07 Å². The van der Waals surface area contributed by atoms with Crippen LogP contribution in [0.25, 0.3) is 11.0 Å². The molecule has 1 aromatic heterocycles. The van der Waals surface area contributed by atoms with Crippen molar-refractivity contribution < 1.29 is 18.7 Å². The minimum absolute atomic E-state index is 0.0472. The molecule has 0 saturated carbocycles. The maximum atomic E-state index is 12.7. The van der Waals surface area contributed by atoms with Gasteiger partial charge in [0.05, 0.1) is 5.39 Å². The van der Waals surface area contributed by atoms with Crippen LogP contribution in [0.1, 0.15) is 30.9 Å². The number of aryl methyl sites for hydroxylation is 2. The molecule has 7 nitrogen and oxygen atoms in total. The van der Waals surface area contributed by atoms with Gasteiger partial charge in [0.1, 0.15) is 11.3 Å². The zero-order valence-corrected chi connectivity index (χ0v) is 16.1. The Morgan fingerprint density at radius 1 is 1.32 bits per heavy atom. The Hall–Kier alpha value is -2.83. The molecular formula is C21H24N2O5. The summed E-state index contributed by atoms with van der Waals surface area (Å²) in [5, 5.41) is 3.69. The molecule has 0 bridgehead atoms. The summed E-state index contributed by atoms with van der Waals surface area (Å²) in [6.45, 7) is 4.93. The third-order valence-corrected chi connectivity index (χ3v) is 5.67. The molecule has 148 valence electrons. The van der Waals surface area contributed by atoms with Gasteiger partial charge in [-0.1, -0.05) is 6.92 Å². The Labute approximate surface area is 162 Å². The minimum Gasteiger partial charge on any atom is -0.483 e. The Morgan fingerprint density at radius 2 is 2.14 bits per heavy atom. The zero-order valence-electron chi connectivity index (χ0n) is 16.1. The third-order valence-electron chi connectivity index (χ3n) is 5.67. The van der Waals surface area contributed by atoms with Crippen molar-refractivity contribution in [2.45, 2.75) is 39.2 Å². The van der Waals surface area contributed by atoms with Crippen molar-refractivity contribution >= 4 is 22.8 Å². The summed E-state index contributed by atoms with van der Waals surface area (Å²) < 4.78 is 11.2. The lowest BCUT2D eigenvalue weighted by molar-refractivity contribution is -0.135. The number of piperidine rings is 1. The molecule has 1 aromatic carbocycles. The number of ether oxygens (including phenoxy) is 1. The summed E-state index contributed by atoms with van der Waals surface area (Å²) in [4.78, 5) is 37.8. The Kier molecular flexibility index (Phi) is 4.83. The molecule has 2 aliphatic rings. The first kappa shape index (κ1) is 18.5. The molecule has 4 rings (SSSR count). The van der Waals surface area contributed by atoms with Crippen LogP contribution in [0.3, 0.4) is 0 Å². The van der Waals surface area contributed by atoms with E-state index >= 15 is 0 Å². The largest absolute Gasteiger partial charge is 0.483 e. The van der Waals surface area contributed by atoms with Gasteiger partial charge in [-0.15, -0.1) is 0 Å². The van der Waals surface area contributed by atoms with Gasteiger partial charge in [-0.25, -0.2) is 4.79 Å². The molecule has 2 atom stereocenters. The van der Waals surface area contributed by atoms with Crippen molar-refractivity contribution in [2.24, 2.45) is 5.92 Å². The second-order valence-corrected chi connectivity index (χ2v) is 7.64. The van der Waals surface area contributed by atoms with Crippen LogP contribution in [-0.2, 0) is 16.0 Å². The van der Waals surface area contributed by atoms with Crippen LogP contribution in [0.15, 0.2) is 27.4 Å². The molecule has 2 fully saturated rings. The number of nitrogens with zero attached hydrogens (tertiary/aromatic N) is 1. The van der Waals surface area contributed by atoms with E-state index < -0.39 is 5.63 Å². The van der Waals surface area contributed by atoms with Crippen molar-refractivity contribution in [3.05, 3.63) is 39.7 Å². The van der Waals surface area contributed by atoms with Crippen molar-refractivity contribution in [1.29, 1.82) is 0 Å². The van der Waals surface area contributed by atoms with Crippen molar-refractivity contribution in [1.82, 2.24) is 10.2 Å². The highest BCUT2D eigenvalue weighted by Gasteiger charge is 2.38. The monoisotopic (exact) mass is 384 g/mol. The van der Waals surface area contributed by atoms with Crippen LogP contribution in [-0.4, -0.2) is 42.5 Å². The second kappa shape index (κ2) is 7.30. The SMILES string of the molecule is CCc1cc(=O)oc2cc(C)cc(OCC(=O)N3CC[C@@H]4CC(=O)N[C@@H]4C3)c12. The number of hydrogen-bond acceptors (Lipinski definition) is 5. The van der Waals surface area contributed by atoms with Gasteiger partial charge in [0.2, 0.25) is 5.91 Å². The number of rotatable bonds is 4. The average molecular weight is 384 g/mol. The normalized spacial score (nSPS) is 21.5. The van der Waals surface area contributed by atoms with Crippen molar-refractivity contribution in [3.8, 4) is 5.75 Å². The predicted molar refractivity (Wildman–Crippen MR) is 103 cm³/mol. The Bertz CT molecular complexity index is 996. The third kappa shape index (κ3) is 3.48. The molecule has 2 saturated heterocycles. The van der Waals surface area contributed by atoms with E-state index in [1.807, 2.05) is 19.9 Å². The second-order valence-electron chi connectivity index (χ2n) is 7.64. The molecule has 0 unspecified atom stereocenters. The zero-order chi connectivity index (χ0) is 19.8. The number of carbonyl (C=O) groups is 2. The lowest BCUT2D eigenvalue weighted by atomic mass is 9.92. The smallest absolute Gasteiger partial charge is 0.336 e. The fourth-order valence-electron chi connectivity index (χ4n) is 4.23. The summed E-state index contributed by atoms with van der Waals surface area (Å²) in [7, 11) is 0. The highest BCUT2D eigenvalue weighted by Crippen LogP contribution is 2.31. The summed E-state index contributed by atoms with van der Waals surface area (Å²) in [5.41, 5.74) is 1.81. The highest BCUT2D eigenvalue weighted by atomic mass is 16.5. The molecule has 28 heavy (non-hydrogen) atoms. The van der Waals surface area contributed by atoms with Gasteiger partial charge in [0.15, 0.2) is 6.61 Å². The van der Waals surface area contributed by atoms with Crippen molar-refractivity contribution in [3.63, 3.8) is 0 Å². The average Bonchev–Trinajstić information content (AvgIpc) is 3.03. The lowest BCUT2D eigenvalue weighted by Crippen LogP contribution is -2.50. The van der Waals surface area contributed by atoms with Crippen LogP contribution < -0.4 is 15.7 Å². The molecule has 2 aromatic rings. The topological polar surface area (TPSA) is 88.8 Å². The van der Waals surface area contributed by atoms with E-state index in [9.17, 15) is 14.4 Å². The Morgan fingerprint density at radius 3 is 2.93 bits per heavy atom. The summed E-state index contributed by atoms with van der Waals surface area (Å²) in [6, 6.07) is 5.18. The number of hydrogen-bond donors (Lipinski definition) is 1. The van der Waals surface area contributed by atoms with Crippen LogP contribution in [0.4, 0.5) is 0 Å².